The first kappa shape index (κ1) is 24.3. The third-order valence-electron chi connectivity index (χ3n) is 4.94. The molecule has 0 atom stereocenters. The average Bonchev–Trinajstić information content (AvgIpc) is 3.27. The van der Waals surface area contributed by atoms with Crippen LogP contribution in [0.5, 0.6) is 0 Å². The minimum absolute atomic E-state index is 0.0276. The minimum Gasteiger partial charge on any atom is -0.416 e. The van der Waals surface area contributed by atoms with Gasteiger partial charge in [0, 0.05) is 12.5 Å². The second kappa shape index (κ2) is 11.0. The van der Waals surface area contributed by atoms with Gasteiger partial charge in [0.2, 0.25) is 11.8 Å². The van der Waals surface area contributed by atoms with Crippen LogP contribution >= 0.6 is 11.8 Å². The van der Waals surface area contributed by atoms with Crippen LogP contribution in [0.3, 0.4) is 0 Å². The molecule has 1 aromatic carbocycles. The summed E-state index contributed by atoms with van der Waals surface area (Å²) in [6.45, 7) is 6.29. The summed E-state index contributed by atoms with van der Waals surface area (Å²) in [4.78, 5) is 42.0. The van der Waals surface area contributed by atoms with Crippen LogP contribution in [0.25, 0.3) is 0 Å². The number of aromatic amines is 1. The predicted octanol–water partition coefficient (Wildman–Crippen LogP) is 2.60. The molecule has 0 radical (unpaired) electrons. The van der Waals surface area contributed by atoms with E-state index in [0.29, 0.717) is 12.3 Å². The number of nitrogen functional groups attached to an aromatic ring is 1. The highest BCUT2D eigenvalue weighted by Crippen LogP contribution is 2.23. The van der Waals surface area contributed by atoms with Gasteiger partial charge in [-0.2, -0.15) is 0 Å². The van der Waals surface area contributed by atoms with Crippen molar-refractivity contribution in [1.82, 2.24) is 19.7 Å². The van der Waals surface area contributed by atoms with Crippen LogP contribution in [0.4, 0.5) is 11.5 Å². The van der Waals surface area contributed by atoms with Crippen LogP contribution in [0.2, 0.25) is 0 Å². The zero-order valence-electron chi connectivity index (χ0n) is 18.9. The lowest BCUT2D eigenvalue weighted by Gasteiger charge is -2.24. The van der Waals surface area contributed by atoms with Gasteiger partial charge in [0.1, 0.15) is 5.82 Å². The van der Waals surface area contributed by atoms with Crippen LogP contribution in [0.15, 0.2) is 49.6 Å². The number of nitrogens with two attached hydrogens (primary N) is 1. The first-order chi connectivity index (χ1) is 15.8. The second-order valence-corrected chi connectivity index (χ2v) is 8.74. The zero-order valence-corrected chi connectivity index (χ0v) is 19.7. The Labute approximate surface area is 195 Å². The van der Waals surface area contributed by atoms with E-state index in [1.54, 1.807) is 0 Å². The number of anilines is 2. The maximum atomic E-state index is 13.1. The summed E-state index contributed by atoms with van der Waals surface area (Å²) in [6.07, 6.45) is 1.46. The minimum atomic E-state index is -0.698. The molecule has 0 aliphatic rings. The summed E-state index contributed by atoms with van der Waals surface area (Å²) >= 11 is 1.09. The van der Waals surface area contributed by atoms with Crippen LogP contribution in [0.1, 0.15) is 51.0 Å². The van der Waals surface area contributed by atoms with Crippen molar-refractivity contribution in [1.29, 1.82) is 0 Å². The third-order valence-corrected chi connectivity index (χ3v) is 5.74. The molecular formula is C22H28N6O4S. The fourth-order valence-corrected chi connectivity index (χ4v) is 3.80. The molecular weight excluding hydrogens is 444 g/mol. The molecule has 11 heteroatoms. The molecule has 0 aliphatic heterocycles. The molecule has 176 valence electrons. The summed E-state index contributed by atoms with van der Waals surface area (Å²) in [6, 6.07) is 9.26. The van der Waals surface area contributed by atoms with E-state index in [4.69, 9.17) is 10.2 Å². The van der Waals surface area contributed by atoms with Gasteiger partial charge in [-0.25, -0.2) is 4.79 Å². The van der Waals surface area contributed by atoms with E-state index >= 15 is 0 Å². The molecule has 2 heterocycles. The summed E-state index contributed by atoms with van der Waals surface area (Å²) in [5.41, 5.74) is 5.77. The van der Waals surface area contributed by atoms with Crippen molar-refractivity contribution in [2.45, 2.75) is 51.3 Å². The number of carbonyl (C=O) groups excluding carboxylic acids is 1. The van der Waals surface area contributed by atoms with Crippen molar-refractivity contribution in [3.63, 3.8) is 0 Å². The fraction of sp³-hybridized carbons (Fsp3) is 0.409. The smallest absolute Gasteiger partial charge is 0.330 e. The molecule has 3 rings (SSSR count). The van der Waals surface area contributed by atoms with Crippen molar-refractivity contribution >= 4 is 29.2 Å². The van der Waals surface area contributed by atoms with Crippen molar-refractivity contribution in [3.8, 4) is 0 Å². The Balaban J connectivity index is 1.90. The van der Waals surface area contributed by atoms with Crippen molar-refractivity contribution in [3.05, 3.63) is 62.6 Å². The Morgan fingerprint density at radius 2 is 1.97 bits per heavy atom. The van der Waals surface area contributed by atoms with E-state index in [1.807, 2.05) is 51.1 Å². The molecule has 3 N–H and O–H groups in total. The normalized spacial score (nSPS) is 11.2. The number of thioether (sulfide) groups is 1. The highest BCUT2D eigenvalue weighted by atomic mass is 32.2. The van der Waals surface area contributed by atoms with Crippen molar-refractivity contribution in [2.24, 2.45) is 0 Å². The molecule has 0 fully saturated rings. The summed E-state index contributed by atoms with van der Waals surface area (Å²) < 4.78 is 6.80. The Morgan fingerprint density at radius 3 is 2.61 bits per heavy atom. The molecule has 0 spiro atoms. The summed E-state index contributed by atoms with van der Waals surface area (Å²) in [5.74, 6) is 0.135. The van der Waals surface area contributed by atoms with Gasteiger partial charge in [-0.15, -0.1) is 10.2 Å². The van der Waals surface area contributed by atoms with Crippen LogP contribution in [0, 0.1) is 0 Å². The van der Waals surface area contributed by atoms with Crippen molar-refractivity contribution < 1.29 is 9.21 Å². The monoisotopic (exact) mass is 472 g/mol. The van der Waals surface area contributed by atoms with E-state index < -0.39 is 11.2 Å². The maximum Gasteiger partial charge on any atom is 0.330 e. The van der Waals surface area contributed by atoms with Gasteiger partial charge >= 0.3 is 5.69 Å². The first-order valence-electron chi connectivity index (χ1n) is 10.7. The zero-order chi connectivity index (χ0) is 24.0. The third kappa shape index (κ3) is 5.92. The van der Waals surface area contributed by atoms with Gasteiger partial charge in [0.25, 0.3) is 10.8 Å². The predicted molar refractivity (Wildman–Crippen MR) is 128 cm³/mol. The molecule has 1 amide bonds. The second-order valence-electron chi connectivity index (χ2n) is 7.81. The average molecular weight is 473 g/mol. The van der Waals surface area contributed by atoms with Crippen LogP contribution in [-0.4, -0.2) is 38.0 Å². The lowest BCUT2D eigenvalue weighted by molar-refractivity contribution is -0.116. The molecule has 2 aromatic heterocycles. The number of rotatable bonds is 10. The number of nitrogens with zero attached hydrogens (tertiary/aromatic N) is 4. The Hall–Kier alpha value is -3.34. The number of nitrogens with one attached hydrogen (secondary N) is 1. The SMILES string of the molecule is CCCCN(C(=O)CSc1nnc(C(C)C)o1)c1c(N)n(Cc2ccccc2)c(=O)[nH]c1=O. The number of unbranched alkanes of at least 4 members (excludes halogenated alkanes) is 1. The van der Waals surface area contributed by atoms with E-state index in [2.05, 4.69) is 15.2 Å². The number of hydrogen-bond acceptors (Lipinski definition) is 8. The highest BCUT2D eigenvalue weighted by molar-refractivity contribution is 7.99. The standard InChI is InChI=1S/C22H28N6O4S/c1-4-5-11-27(16(29)13-33-22-26-25-20(32-22)14(2)3)17-18(23)28(21(31)24-19(17)30)12-15-9-7-6-8-10-15/h6-10,14H,4-5,11-13,23H2,1-3H3,(H,24,30,31). The topological polar surface area (TPSA) is 140 Å². The van der Waals surface area contributed by atoms with Crippen LogP contribution in [-0.2, 0) is 11.3 Å². The number of amides is 1. The molecule has 10 nitrogen and oxygen atoms in total. The number of hydrogen-bond donors (Lipinski definition) is 2. The highest BCUT2D eigenvalue weighted by Gasteiger charge is 2.25. The number of carbonyl (C=O) groups is 1. The van der Waals surface area contributed by atoms with E-state index in [1.165, 1.54) is 9.47 Å². The Kier molecular flexibility index (Phi) is 8.10. The Morgan fingerprint density at radius 1 is 1.24 bits per heavy atom. The van der Waals surface area contributed by atoms with Gasteiger partial charge in [-0.3, -0.25) is 19.1 Å². The molecule has 0 unspecified atom stereocenters. The van der Waals surface area contributed by atoms with Gasteiger partial charge in [-0.1, -0.05) is 69.3 Å². The molecule has 0 saturated heterocycles. The lowest BCUT2D eigenvalue weighted by Crippen LogP contribution is -2.42. The summed E-state index contributed by atoms with van der Waals surface area (Å²) in [7, 11) is 0. The number of H-pyrrole nitrogens is 1. The molecule has 33 heavy (non-hydrogen) atoms. The van der Waals surface area contributed by atoms with Gasteiger partial charge in [-0.05, 0) is 12.0 Å². The first-order valence-corrected chi connectivity index (χ1v) is 11.7. The lowest BCUT2D eigenvalue weighted by atomic mass is 10.2. The quantitative estimate of drug-likeness (QED) is 0.429. The van der Waals surface area contributed by atoms with Gasteiger partial charge in [0.15, 0.2) is 5.69 Å². The number of benzene rings is 1. The van der Waals surface area contributed by atoms with Crippen LogP contribution < -0.4 is 21.9 Å². The number of aromatic nitrogens is 4. The molecule has 0 aliphatic carbocycles. The molecule has 3 aromatic rings. The van der Waals surface area contributed by atoms with Gasteiger partial charge < -0.3 is 15.1 Å². The Bertz CT molecular complexity index is 1200. The fourth-order valence-electron chi connectivity index (χ4n) is 3.15. The molecule has 0 saturated carbocycles. The molecule has 0 bridgehead atoms. The van der Waals surface area contributed by atoms with E-state index in [0.717, 1.165) is 23.7 Å². The largest absolute Gasteiger partial charge is 0.416 e. The summed E-state index contributed by atoms with van der Waals surface area (Å²) in [5, 5.41) is 8.19. The van der Waals surface area contributed by atoms with E-state index in [9.17, 15) is 14.4 Å². The van der Waals surface area contributed by atoms with E-state index in [-0.39, 0.29) is 47.4 Å². The van der Waals surface area contributed by atoms with Gasteiger partial charge in [0.05, 0.1) is 12.3 Å². The van der Waals surface area contributed by atoms with Crippen molar-refractivity contribution in [2.75, 3.05) is 22.9 Å². The maximum absolute atomic E-state index is 13.1.